The van der Waals surface area contributed by atoms with Crippen LogP contribution in [0.2, 0.25) is 0 Å². The molecule has 1 atom stereocenters. The lowest BCUT2D eigenvalue weighted by molar-refractivity contribution is 0.414. The minimum absolute atomic E-state index is 0.0952. The third-order valence-electron chi connectivity index (χ3n) is 3.41. The third-order valence-corrected chi connectivity index (χ3v) is 3.41. The summed E-state index contributed by atoms with van der Waals surface area (Å²) in [5.74, 6) is 0.659. The summed E-state index contributed by atoms with van der Waals surface area (Å²) in [4.78, 5) is 0. The van der Waals surface area contributed by atoms with Crippen LogP contribution in [0, 0.1) is 12.7 Å². The van der Waals surface area contributed by atoms with Gasteiger partial charge in [-0.3, -0.25) is 0 Å². The van der Waals surface area contributed by atoms with Crippen molar-refractivity contribution in [1.29, 1.82) is 0 Å². The summed E-state index contributed by atoms with van der Waals surface area (Å²) in [5.41, 5.74) is 3.10. The van der Waals surface area contributed by atoms with Gasteiger partial charge in [-0.05, 0) is 61.3 Å². The molecule has 0 aliphatic rings. The predicted molar refractivity (Wildman–Crippen MR) is 79.6 cm³/mol. The average Bonchev–Trinajstić information content (AvgIpc) is 2.44. The number of halogens is 1. The maximum absolute atomic E-state index is 13.5. The second-order valence-corrected chi connectivity index (χ2v) is 4.96. The van der Waals surface area contributed by atoms with Gasteiger partial charge in [-0.2, -0.15) is 0 Å². The number of ether oxygens (including phenoxy) is 1. The maximum atomic E-state index is 13.5. The van der Waals surface area contributed by atoms with E-state index in [9.17, 15) is 4.39 Å². The van der Waals surface area contributed by atoms with E-state index in [0.717, 1.165) is 23.3 Å². The van der Waals surface area contributed by atoms with Crippen molar-refractivity contribution >= 4 is 0 Å². The van der Waals surface area contributed by atoms with Crippen molar-refractivity contribution in [2.75, 3.05) is 14.2 Å². The fourth-order valence-corrected chi connectivity index (χ4v) is 2.35. The molecule has 0 saturated carbocycles. The van der Waals surface area contributed by atoms with Crippen molar-refractivity contribution in [3.8, 4) is 5.75 Å². The molecule has 0 aliphatic heterocycles. The second kappa shape index (κ2) is 6.53. The molecule has 2 rings (SSSR count). The molecule has 0 amide bonds. The first kappa shape index (κ1) is 14.5. The lowest BCUT2D eigenvalue weighted by atomic mass is 9.97. The lowest BCUT2D eigenvalue weighted by Gasteiger charge is -2.18. The number of nitrogens with one attached hydrogen (secondary N) is 1. The Morgan fingerprint density at radius 3 is 2.40 bits per heavy atom. The molecular formula is C17H20FNO. The highest BCUT2D eigenvalue weighted by Gasteiger charge is 2.11. The topological polar surface area (TPSA) is 21.3 Å². The smallest absolute Gasteiger partial charge is 0.123 e. The van der Waals surface area contributed by atoms with Crippen LogP contribution in [-0.4, -0.2) is 14.2 Å². The molecule has 106 valence electrons. The highest BCUT2D eigenvalue weighted by Crippen LogP contribution is 2.22. The molecule has 0 heterocycles. The average molecular weight is 273 g/mol. The fraction of sp³-hybridized carbons (Fsp3) is 0.294. The van der Waals surface area contributed by atoms with Crippen molar-refractivity contribution < 1.29 is 9.13 Å². The Balaban J connectivity index is 2.19. The van der Waals surface area contributed by atoms with Gasteiger partial charge in [-0.25, -0.2) is 4.39 Å². The van der Waals surface area contributed by atoms with Crippen LogP contribution in [0.5, 0.6) is 5.75 Å². The van der Waals surface area contributed by atoms with Crippen LogP contribution in [0.3, 0.4) is 0 Å². The maximum Gasteiger partial charge on any atom is 0.123 e. The van der Waals surface area contributed by atoms with Gasteiger partial charge in [0.05, 0.1) is 7.11 Å². The molecule has 0 spiro atoms. The van der Waals surface area contributed by atoms with Gasteiger partial charge >= 0.3 is 0 Å². The van der Waals surface area contributed by atoms with Crippen LogP contribution in [0.15, 0.2) is 42.5 Å². The van der Waals surface area contributed by atoms with Crippen LogP contribution < -0.4 is 10.1 Å². The van der Waals surface area contributed by atoms with Gasteiger partial charge in [0.2, 0.25) is 0 Å². The molecule has 0 aromatic heterocycles. The number of likely N-dealkylation sites (N-methyl/N-ethyl adjacent to an activating group) is 1. The first-order valence-electron chi connectivity index (χ1n) is 6.69. The highest BCUT2D eigenvalue weighted by atomic mass is 19.1. The molecule has 1 unspecified atom stereocenters. The van der Waals surface area contributed by atoms with Crippen LogP contribution in [-0.2, 0) is 6.42 Å². The summed E-state index contributed by atoms with van der Waals surface area (Å²) in [7, 11) is 3.55. The minimum Gasteiger partial charge on any atom is -0.497 e. The van der Waals surface area contributed by atoms with E-state index in [1.807, 2.05) is 44.3 Å². The number of hydrogen-bond donors (Lipinski definition) is 1. The molecule has 20 heavy (non-hydrogen) atoms. The zero-order chi connectivity index (χ0) is 14.5. The van der Waals surface area contributed by atoms with Crippen molar-refractivity contribution in [3.63, 3.8) is 0 Å². The first-order valence-corrected chi connectivity index (χ1v) is 6.69. The summed E-state index contributed by atoms with van der Waals surface area (Å²) in [6.45, 7) is 1.91. The Kier molecular flexibility index (Phi) is 4.74. The minimum atomic E-state index is -0.185. The number of hydrogen-bond acceptors (Lipinski definition) is 2. The number of methoxy groups -OCH3 is 1. The molecular weight excluding hydrogens is 253 g/mol. The van der Waals surface area contributed by atoms with E-state index in [0.29, 0.717) is 0 Å². The molecule has 2 nitrogen and oxygen atoms in total. The molecule has 0 saturated heterocycles. The number of rotatable bonds is 5. The van der Waals surface area contributed by atoms with Gasteiger partial charge in [0.1, 0.15) is 11.6 Å². The largest absolute Gasteiger partial charge is 0.497 e. The van der Waals surface area contributed by atoms with Gasteiger partial charge in [-0.15, -0.1) is 0 Å². The Bertz CT molecular complexity index is 545. The third kappa shape index (κ3) is 3.58. The Morgan fingerprint density at radius 1 is 1.15 bits per heavy atom. The Morgan fingerprint density at radius 2 is 1.85 bits per heavy atom. The van der Waals surface area contributed by atoms with Crippen molar-refractivity contribution in [2.24, 2.45) is 0 Å². The van der Waals surface area contributed by atoms with Crippen molar-refractivity contribution in [3.05, 3.63) is 65.0 Å². The summed E-state index contributed by atoms with van der Waals surface area (Å²) in [6, 6.07) is 13.2. The van der Waals surface area contributed by atoms with E-state index in [2.05, 4.69) is 5.32 Å². The standard InChI is InChI=1S/C17H20FNO/c1-12-8-14(11-15(18)9-12)17(19-2)10-13-4-6-16(20-3)7-5-13/h4-9,11,17,19H,10H2,1-3H3. The molecule has 0 aliphatic carbocycles. The van der Waals surface area contributed by atoms with Gasteiger partial charge < -0.3 is 10.1 Å². The zero-order valence-electron chi connectivity index (χ0n) is 12.1. The monoisotopic (exact) mass is 273 g/mol. The molecule has 2 aromatic carbocycles. The molecule has 0 bridgehead atoms. The van der Waals surface area contributed by atoms with Crippen LogP contribution in [0.1, 0.15) is 22.7 Å². The second-order valence-electron chi connectivity index (χ2n) is 4.96. The molecule has 3 heteroatoms. The zero-order valence-corrected chi connectivity index (χ0v) is 12.1. The molecule has 2 aromatic rings. The quantitative estimate of drug-likeness (QED) is 0.898. The fourth-order valence-electron chi connectivity index (χ4n) is 2.35. The normalized spacial score (nSPS) is 12.2. The summed E-state index contributed by atoms with van der Waals surface area (Å²) in [6.07, 6.45) is 0.809. The first-order chi connectivity index (χ1) is 9.62. The lowest BCUT2D eigenvalue weighted by Crippen LogP contribution is -2.19. The predicted octanol–water partition coefficient (Wildman–Crippen LogP) is 3.65. The summed E-state index contributed by atoms with van der Waals surface area (Å²) in [5, 5.41) is 3.25. The molecule has 0 fully saturated rings. The van der Waals surface area contributed by atoms with E-state index < -0.39 is 0 Å². The van der Waals surface area contributed by atoms with E-state index in [-0.39, 0.29) is 11.9 Å². The van der Waals surface area contributed by atoms with Crippen LogP contribution in [0.25, 0.3) is 0 Å². The van der Waals surface area contributed by atoms with Crippen molar-refractivity contribution in [2.45, 2.75) is 19.4 Å². The Hall–Kier alpha value is -1.87. The van der Waals surface area contributed by atoms with E-state index in [1.165, 1.54) is 5.56 Å². The highest BCUT2D eigenvalue weighted by molar-refractivity contribution is 5.31. The summed E-state index contributed by atoms with van der Waals surface area (Å²) < 4.78 is 18.7. The van der Waals surface area contributed by atoms with E-state index in [1.54, 1.807) is 19.2 Å². The summed E-state index contributed by atoms with van der Waals surface area (Å²) >= 11 is 0. The van der Waals surface area contributed by atoms with Gasteiger partial charge in [0.15, 0.2) is 0 Å². The molecule has 1 N–H and O–H groups in total. The van der Waals surface area contributed by atoms with Gasteiger partial charge in [0, 0.05) is 6.04 Å². The van der Waals surface area contributed by atoms with Crippen LogP contribution >= 0.6 is 0 Å². The number of aryl methyl sites for hydroxylation is 1. The van der Waals surface area contributed by atoms with E-state index >= 15 is 0 Å². The van der Waals surface area contributed by atoms with Gasteiger partial charge in [-0.1, -0.05) is 18.2 Å². The SMILES string of the molecule is CNC(Cc1ccc(OC)cc1)c1cc(C)cc(F)c1. The number of benzene rings is 2. The van der Waals surface area contributed by atoms with E-state index in [4.69, 9.17) is 4.74 Å². The van der Waals surface area contributed by atoms with Crippen molar-refractivity contribution in [1.82, 2.24) is 5.32 Å². The van der Waals surface area contributed by atoms with Gasteiger partial charge in [0.25, 0.3) is 0 Å². The van der Waals surface area contributed by atoms with Crippen LogP contribution in [0.4, 0.5) is 4.39 Å². The Labute approximate surface area is 119 Å². The molecule has 0 radical (unpaired) electrons.